The van der Waals surface area contributed by atoms with Crippen molar-refractivity contribution in [2.75, 3.05) is 18.1 Å². The molecule has 0 spiro atoms. The SMILES string of the molecule is C[C@@H](O)[C@H](NC(=O)[C@@H]1CSSC[C@H](NC(=O)[C@H](N)Cc2ccccc2)C(=O)N[C@@H](Cc2ccc(O)cc2)C(=O)N[C@H](Cc2c[nH]c3ccccc23)C(=O)N[C@@H](CCCCN)C(=O)N[C@@H]([C@@H](C)O)C(=O)N1)C(=O)O. The van der Waals surface area contributed by atoms with Gasteiger partial charge in [0.2, 0.25) is 41.4 Å². The van der Waals surface area contributed by atoms with E-state index >= 15 is 0 Å². The number of aliphatic hydroxyl groups excluding tert-OH is 2. The highest BCUT2D eigenvalue weighted by atomic mass is 33.1. The molecule has 0 bridgehead atoms. The number of rotatable bonds is 17. The molecule has 3 aromatic carbocycles. The van der Waals surface area contributed by atoms with Crippen molar-refractivity contribution < 1.29 is 58.8 Å². The fourth-order valence-corrected chi connectivity index (χ4v) is 10.1. The number of nitrogens with one attached hydrogen (secondary N) is 8. The number of aromatic hydroxyl groups is 1. The average Bonchev–Trinajstić information content (AvgIpc) is 3.76. The summed E-state index contributed by atoms with van der Waals surface area (Å²) in [5, 5.41) is 59.6. The van der Waals surface area contributed by atoms with Gasteiger partial charge in [0, 0.05) is 41.4 Å². The van der Waals surface area contributed by atoms with E-state index in [0.29, 0.717) is 24.0 Å². The Morgan fingerprint density at radius 3 is 2.00 bits per heavy atom. The third kappa shape index (κ3) is 17.2. The zero-order valence-electron chi connectivity index (χ0n) is 40.2. The summed E-state index contributed by atoms with van der Waals surface area (Å²) in [6.45, 7) is 2.56. The van der Waals surface area contributed by atoms with Crippen molar-refractivity contribution >= 4 is 79.8 Å². The van der Waals surface area contributed by atoms with Crippen molar-refractivity contribution in [3.8, 4) is 5.75 Å². The normalized spacial score (nSPS) is 22.5. The Morgan fingerprint density at radius 1 is 0.726 bits per heavy atom. The summed E-state index contributed by atoms with van der Waals surface area (Å²) in [6.07, 6.45) is -1.03. The van der Waals surface area contributed by atoms with Crippen LogP contribution in [-0.2, 0) is 57.6 Å². The third-order valence-electron chi connectivity index (χ3n) is 11.9. The number of hydrogen-bond donors (Lipinski definition) is 14. The number of benzene rings is 3. The molecule has 5 rings (SSSR count). The maximum absolute atomic E-state index is 14.7. The number of nitrogens with two attached hydrogens (primary N) is 2. The van der Waals surface area contributed by atoms with Crippen molar-refractivity contribution in [1.82, 2.24) is 42.2 Å². The number of amides is 7. The van der Waals surface area contributed by atoms with Gasteiger partial charge in [-0.3, -0.25) is 33.6 Å². The molecular weight excluding hydrogens is 985 g/mol. The Morgan fingerprint density at radius 2 is 1.34 bits per heavy atom. The zero-order valence-corrected chi connectivity index (χ0v) is 41.9. The lowest BCUT2D eigenvalue weighted by Crippen LogP contribution is -2.62. The number of aliphatic carboxylic acids is 1. The second kappa shape index (κ2) is 27.9. The summed E-state index contributed by atoms with van der Waals surface area (Å²) in [6, 6.07) is 9.98. The van der Waals surface area contributed by atoms with Crippen LogP contribution < -0.4 is 48.7 Å². The molecule has 1 aromatic heterocycles. The van der Waals surface area contributed by atoms with Gasteiger partial charge >= 0.3 is 5.97 Å². The van der Waals surface area contributed by atoms with Crippen LogP contribution in [0.1, 0.15) is 49.8 Å². The van der Waals surface area contributed by atoms with Gasteiger partial charge in [-0.15, -0.1) is 0 Å². The number of aromatic nitrogens is 1. The van der Waals surface area contributed by atoms with E-state index in [1.165, 1.54) is 31.2 Å². The van der Waals surface area contributed by atoms with Gasteiger partial charge in [-0.2, -0.15) is 0 Å². The second-order valence-corrected chi connectivity index (χ2v) is 20.2. The lowest BCUT2D eigenvalue weighted by Gasteiger charge is -2.29. The van der Waals surface area contributed by atoms with E-state index in [9.17, 15) is 58.8 Å². The predicted molar refractivity (Wildman–Crippen MR) is 274 cm³/mol. The molecule has 1 aliphatic heterocycles. The molecule has 4 aromatic rings. The molecule has 0 saturated carbocycles. The Balaban J connectivity index is 1.58. The minimum atomic E-state index is -1.82. The average molecular weight is 1050 g/mol. The van der Waals surface area contributed by atoms with Crippen molar-refractivity contribution in [3.05, 3.63) is 102 Å². The summed E-state index contributed by atoms with van der Waals surface area (Å²) >= 11 is 0. The Hall–Kier alpha value is -6.70. The van der Waals surface area contributed by atoms with Gasteiger partial charge in [-0.1, -0.05) is 82.3 Å². The molecule has 24 heteroatoms. The number of carboxylic acid groups (broad SMARTS) is 1. The lowest BCUT2D eigenvalue weighted by molar-refractivity contribution is -0.145. The topological polar surface area (TPSA) is 370 Å². The van der Waals surface area contributed by atoms with Crippen LogP contribution in [0.2, 0.25) is 0 Å². The van der Waals surface area contributed by atoms with Crippen LogP contribution in [0.4, 0.5) is 0 Å². The zero-order chi connectivity index (χ0) is 53.2. The van der Waals surface area contributed by atoms with Crippen molar-refractivity contribution in [1.29, 1.82) is 0 Å². The van der Waals surface area contributed by atoms with E-state index in [2.05, 4.69) is 42.2 Å². The monoisotopic (exact) mass is 1050 g/mol. The second-order valence-electron chi connectivity index (χ2n) is 17.7. The first kappa shape index (κ1) is 57.2. The molecule has 2 heterocycles. The summed E-state index contributed by atoms with van der Waals surface area (Å²) < 4.78 is 0. The number of phenolic OH excluding ortho intramolecular Hbond substituents is 1. The number of carbonyl (C=O) groups is 8. The molecular formula is C49H64N10O12S2. The summed E-state index contributed by atoms with van der Waals surface area (Å²) in [4.78, 5) is 115. The highest BCUT2D eigenvalue weighted by Crippen LogP contribution is 2.25. The van der Waals surface area contributed by atoms with Crippen molar-refractivity contribution in [2.45, 2.75) is 113 Å². The van der Waals surface area contributed by atoms with Gasteiger partial charge in [0.05, 0.1) is 18.2 Å². The van der Waals surface area contributed by atoms with Crippen LogP contribution in [0.25, 0.3) is 10.9 Å². The van der Waals surface area contributed by atoms with E-state index in [-0.39, 0.29) is 49.5 Å². The Bertz CT molecular complexity index is 2530. The van der Waals surface area contributed by atoms with Crippen molar-refractivity contribution in [2.24, 2.45) is 11.5 Å². The van der Waals surface area contributed by atoms with Crippen LogP contribution in [0.15, 0.2) is 85.1 Å². The molecule has 1 aliphatic rings. The molecule has 0 aliphatic carbocycles. The van der Waals surface area contributed by atoms with E-state index in [0.717, 1.165) is 45.0 Å². The predicted octanol–water partition coefficient (Wildman–Crippen LogP) is -1.01. The highest BCUT2D eigenvalue weighted by molar-refractivity contribution is 8.76. The smallest absolute Gasteiger partial charge is 0.328 e. The lowest BCUT2D eigenvalue weighted by atomic mass is 10.0. The molecule has 7 amide bonds. The van der Waals surface area contributed by atoms with Crippen LogP contribution in [0.5, 0.6) is 5.75 Å². The van der Waals surface area contributed by atoms with Crippen LogP contribution in [0.3, 0.4) is 0 Å². The number of carboxylic acids is 1. The van der Waals surface area contributed by atoms with E-state index < -0.39 is 108 Å². The van der Waals surface area contributed by atoms with Crippen LogP contribution in [0, 0.1) is 0 Å². The number of aromatic amines is 1. The fourth-order valence-electron chi connectivity index (χ4n) is 7.79. The van der Waals surface area contributed by atoms with Crippen LogP contribution >= 0.6 is 21.6 Å². The molecule has 10 atom stereocenters. The van der Waals surface area contributed by atoms with Crippen LogP contribution in [-0.4, -0.2) is 151 Å². The van der Waals surface area contributed by atoms with E-state index in [4.69, 9.17) is 11.5 Å². The molecule has 73 heavy (non-hydrogen) atoms. The van der Waals surface area contributed by atoms with Gasteiger partial charge in [0.1, 0.15) is 42.0 Å². The maximum atomic E-state index is 14.7. The van der Waals surface area contributed by atoms with Gasteiger partial charge in [0.25, 0.3) is 0 Å². The molecule has 1 fully saturated rings. The first-order valence-corrected chi connectivity index (χ1v) is 26.1. The number of phenols is 1. The third-order valence-corrected chi connectivity index (χ3v) is 14.3. The molecule has 394 valence electrons. The number of aliphatic hydroxyl groups is 2. The largest absolute Gasteiger partial charge is 0.508 e. The van der Waals surface area contributed by atoms with E-state index in [1.54, 1.807) is 42.6 Å². The minimum absolute atomic E-state index is 0.0207. The number of fused-ring (bicyclic) bond motifs is 1. The van der Waals surface area contributed by atoms with Gasteiger partial charge in [-0.05, 0) is 81.0 Å². The standard InChI is InChI=1S/C49H64N10O12S2/c1-26(60)40-48(69)57-39(47(68)59-41(27(2)61)49(70)71)25-73-72-24-38(56-42(63)33(51)20-28-10-4-3-5-11-28)46(67)54-36(21-29-15-17-31(62)18-16-29)44(65)55-37(22-30-23-52-34-13-7-6-12-32(30)34)45(66)53-35(43(64)58-40)14-8-9-19-50/h3-7,10-13,15-18,23,26-27,33,35-41,52,60-62H,8-9,14,19-22,24-25,50-51H2,1-2H3,(H,53,66)(H,54,67)(H,55,65)(H,56,63)(H,57,69)(H,58,64)(H,59,68)(H,70,71)/t26-,27-,33-,35+,36+,37-,38+,39+,40+,41+/m1/s1. The highest BCUT2D eigenvalue weighted by Gasteiger charge is 2.37. The quantitative estimate of drug-likeness (QED) is 0.0445. The van der Waals surface area contributed by atoms with Gasteiger partial charge < -0.3 is 74.1 Å². The molecule has 0 radical (unpaired) electrons. The number of H-pyrrole nitrogens is 1. The van der Waals surface area contributed by atoms with E-state index in [1.807, 2.05) is 18.2 Å². The molecule has 22 nitrogen and oxygen atoms in total. The molecule has 16 N–H and O–H groups in total. The Kier molecular flexibility index (Phi) is 21.9. The summed E-state index contributed by atoms with van der Waals surface area (Å²) in [5.74, 6) is -8.59. The first-order valence-electron chi connectivity index (χ1n) is 23.6. The number of hydrogen-bond acceptors (Lipinski definition) is 15. The molecule has 1 saturated heterocycles. The van der Waals surface area contributed by atoms with Crippen molar-refractivity contribution in [3.63, 3.8) is 0 Å². The number of para-hydroxylation sites is 1. The number of unbranched alkanes of at least 4 members (excludes halogenated alkanes) is 1. The van der Waals surface area contributed by atoms with Gasteiger partial charge in [0.15, 0.2) is 6.04 Å². The number of carbonyl (C=O) groups excluding carboxylic acids is 7. The Labute approximate surface area is 429 Å². The summed E-state index contributed by atoms with van der Waals surface area (Å²) in [7, 11) is 1.86. The maximum Gasteiger partial charge on any atom is 0.328 e. The molecule has 0 unspecified atom stereocenters. The first-order chi connectivity index (χ1) is 34.8. The fraction of sp³-hybridized carbons (Fsp3) is 0.429. The minimum Gasteiger partial charge on any atom is -0.508 e. The van der Waals surface area contributed by atoms with Gasteiger partial charge in [-0.25, -0.2) is 4.79 Å². The summed E-state index contributed by atoms with van der Waals surface area (Å²) in [5.41, 5.74) is 14.7.